The standard InChI is InChI=1S/C18H17N3O5/c22-8-7-21-17(10-12(20-21)13-6-3-9-24-13)19-18(23)16-11-25-14-4-1-2-5-15(14)26-16/h1-6,9-10,16,22H,7-8,11H2,(H,19,23). The largest absolute Gasteiger partial charge is 0.485 e. The van der Waals surface area contributed by atoms with Gasteiger partial charge in [-0.25, -0.2) is 4.68 Å². The fourth-order valence-corrected chi connectivity index (χ4v) is 2.68. The Hall–Kier alpha value is -3.26. The lowest BCUT2D eigenvalue weighted by Crippen LogP contribution is -2.40. The van der Waals surface area contributed by atoms with E-state index >= 15 is 0 Å². The number of nitrogens with zero attached hydrogens (tertiary/aromatic N) is 2. The number of ether oxygens (including phenoxy) is 2. The van der Waals surface area contributed by atoms with Gasteiger partial charge in [0.25, 0.3) is 5.91 Å². The minimum atomic E-state index is -0.783. The Kier molecular flexibility index (Phi) is 4.32. The Bertz CT molecular complexity index is 903. The molecule has 1 aliphatic heterocycles. The van der Waals surface area contributed by atoms with Crippen molar-refractivity contribution in [3.63, 3.8) is 0 Å². The highest BCUT2D eigenvalue weighted by Crippen LogP contribution is 2.31. The first-order valence-corrected chi connectivity index (χ1v) is 8.16. The van der Waals surface area contributed by atoms with Gasteiger partial charge in [0.2, 0.25) is 6.10 Å². The fraction of sp³-hybridized carbons (Fsp3) is 0.222. The molecule has 26 heavy (non-hydrogen) atoms. The van der Waals surface area contributed by atoms with Gasteiger partial charge in [0.15, 0.2) is 17.3 Å². The van der Waals surface area contributed by atoms with Crippen molar-refractivity contribution in [1.82, 2.24) is 9.78 Å². The third kappa shape index (κ3) is 3.14. The molecule has 1 aromatic carbocycles. The van der Waals surface area contributed by atoms with Crippen molar-refractivity contribution in [2.24, 2.45) is 0 Å². The molecule has 134 valence electrons. The molecule has 0 fully saturated rings. The van der Waals surface area contributed by atoms with Crippen molar-refractivity contribution in [1.29, 1.82) is 0 Å². The second-order valence-electron chi connectivity index (χ2n) is 5.69. The van der Waals surface area contributed by atoms with Crippen LogP contribution >= 0.6 is 0 Å². The van der Waals surface area contributed by atoms with E-state index in [1.165, 1.54) is 4.68 Å². The van der Waals surface area contributed by atoms with E-state index in [4.69, 9.17) is 13.9 Å². The number of carbonyl (C=O) groups excluding carboxylic acids is 1. The summed E-state index contributed by atoms with van der Waals surface area (Å²) in [4.78, 5) is 12.6. The highest BCUT2D eigenvalue weighted by molar-refractivity contribution is 5.94. The van der Waals surface area contributed by atoms with Crippen LogP contribution in [0.4, 0.5) is 5.82 Å². The molecule has 0 radical (unpaired) electrons. The molecule has 1 unspecified atom stereocenters. The number of hydrogen-bond donors (Lipinski definition) is 2. The molecule has 1 aliphatic rings. The van der Waals surface area contributed by atoms with Crippen LogP contribution in [0.3, 0.4) is 0 Å². The number of aliphatic hydroxyl groups excluding tert-OH is 1. The van der Waals surface area contributed by atoms with Crippen LogP contribution in [0.15, 0.2) is 53.1 Å². The zero-order chi connectivity index (χ0) is 17.9. The lowest BCUT2D eigenvalue weighted by atomic mass is 10.2. The second-order valence-corrected chi connectivity index (χ2v) is 5.69. The summed E-state index contributed by atoms with van der Waals surface area (Å²) in [6.45, 7) is 0.238. The van der Waals surface area contributed by atoms with Gasteiger partial charge in [0.1, 0.15) is 18.1 Å². The van der Waals surface area contributed by atoms with Crippen LogP contribution in [0.25, 0.3) is 11.5 Å². The molecular formula is C18H17N3O5. The van der Waals surface area contributed by atoms with Crippen LogP contribution in [0.5, 0.6) is 11.5 Å². The maximum absolute atomic E-state index is 12.6. The fourth-order valence-electron chi connectivity index (χ4n) is 2.68. The maximum Gasteiger partial charge on any atom is 0.270 e. The van der Waals surface area contributed by atoms with Gasteiger partial charge in [0.05, 0.1) is 19.4 Å². The molecular weight excluding hydrogens is 338 g/mol. The third-order valence-corrected chi connectivity index (χ3v) is 3.92. The number of anilines is 1. The molecule has 1 amide bonds. The SMILES string of the molecule is O=C(Nc1cc(-c2ccco2)nn1CCO)C1COc2ccccc2O1. The first-order valence-electron chi connectivity index (χ1n) is 8.16. The number of fused-ring (bicyclic) bond motifs is 1. The van der Waals surface area contributed by atoms with Crippen molar-refractivity contribution >= 4 is 11.7 Å². The average Bonchev–Trinajstić information content (AvgIpc) is 3.32. The number of hydrogen-bond acceptors (Lipinski definition) is 6. The van der Waals surface area contributed by atoms with Crippen molar-refractivity contribution in [2.45, 2.75) is 12.6 Å². The molecule has 3 aromatic rings. The van der Waals surface area contributed by atoms with E-state index in [0.717, 1.165) is 0 Å². The summed E-state index contributed by atoms with van der Waals surface area (Å²) >= 11 is 0. The summed E-state index contributed by atoms with van der Waals surface area (Å²) in [5.74, 6) is 1.80. The number of rotatable bonds is 5. The van der Waals surface area contributed by atoms with Crippen molar-refractivity contribution < 1.29 is 23.8 Å². The number of aliphatic hydroxyl groups is 1. The molecule has 0 saturated carbocycles. The topological polar surface area (TPSA) is 98.8 Å². The van der Waals surface area contributed by atoms with Gasteiger partial charge in [-0.3, -0.25) is 4.79 Å². The lowest BCUT2D eigenvalue weighted by Gasteiger charge is -2.25. The molecule has 8 nitrogen and oxygen atoms in total. The smallest absolute Gasteiger partial charge is 0.270 e. The number of benzene rings is 1. The molecule has 1 atom stereocenters. The first kappa shape index (κ1) is 16.2. The molecule has 2 aromatic heterocycles. The summed E-state index contributed by atoms with van der Waals surface area (Å²) < 4.78 is 18.1. The summed E-state index contributed by atoms with van der Waals surface area (Å²) in [5, 5.41) is 16.4. The molecule has 4 rings (SSSR count). The average molecular weight is 355 g/mol. The van der Waals surface area contributed by atoms with E-state index in [9.17, 15) is 9.90 Å². The Morgan fingerprint density at radius 3 is 2.88 bits per heavy atom. The van der Waals surface area contributed by atoms with Crippen LogP contribution in [-0.2, 0) is 11.3 Å². The quantitative estimate of drug-likeness (QED) is 0.725. The van der Waals surface area contributed by atoms with E-state index in [-0.39, 0.29) is 25.7 Å². The predicted molar refractivity (Wildman–Crippen MR) is 92.0 cm³/mol. The van der Waals surface area contributed by atoms with E-state index < -0.39 is 6.10 Å². The van der Waals surface area contributed by atoms with Gasteiger partial charge in [-0.05, 0) is 24.3 Å². The number of nitrogens with one attached hydrogen (secondary N) is 1. The zero-order valence-electron chi connectivity index (χ0n) is 13.8. The molecule has 0 bridgehead atoms. The number of amides is 1. The molecule has 0 aliphatic carbocycles. The summed E-state index contributed by atoms with van der Waals surface area (Å²) in [6, 6.07) is 12.4. The van der Waals surface area contributed by atoms with E-state index in [2.05, 4.69) is 10.4 Å². The summed E-state index contributed by atoms with van der Waals surface area (Å²) in [7, 11) is 0. The van der Waals surface area contributed by atoms with E-state index in [0.29, 0.717) is 28.8 Å². The summed E-state index contributed by atoms with van der Waals surface area (Å²) in [6.07, 6.45) is 0.762. The molecule has 2 N–H and O–H groups in total. The number of carbonyl (C=O) groups is 1. The van der Waals surface area contributed by atoms with Gasteiger partial charge >= 0.3 is 0 Å². The minimum absolute atomic E-state index is 0.113. The van der Waals surface area contributed by atoms with Crippen molar-refractivity contribution in [3.05, 3.63) is 48.7 Å². The van der Waals surface area contributed by atoms with Gasteiger partial charge in [-0.1, -0.05) is 12.1 Å². The normalized spacial score (nSPS) is 15.7. The zero-order valence-corrected chi connectivity index (χ0v) is 13.8. The highest BCUT2D eigenvalue weighted by Gasteiger charge is 2.28. The Balaban J connectivity index is 1.52. The third-order valence-electron chi connectivity index (χ3n) is 3.92. The molecule has 3 heterocycles. The van der Waals surface area contributed by atoms with Crippen molar-refractivity contribution in [3.8, 4) is 23.0 Å². The van der Waals surface area contributed by atoms with Crippen LogP contribution in [0.1, 0.15) is 0 Å². The number of furan rings is 1. The molecule has 0 saturated heterocycles. The van der Waals surface area contributed by atoms with Gasteiger partial charge in [0, 0.05) is 6.07 Å². The van der Waals surface area contributed by atoms with Crippen LogP contribution in [0.2, 0.25) is 0 Å². The minimum Gasteiger partial charge on any atom is -0.485 e. The Morgan fingerprint density at radius 2 is 2.12 bits per heavy atom. The van der Waals surface area contributed by atoms with Gasteiger partial charge in [-0.15, -0.1) is 0 Å². The summed E-state index contributed by atoms with van der Waals surface area (Å²) in [5.41, 5.74) is 0.560. The maximum atomic E-state index is 12.6. The van der Waals surface area contributed by atoms with Crippen molar-refractivity contribution in [2.75, 3.05) is 18.5 Å². The molecule has 8 heteroatoms. The first-order chi connectivity index (χ1) is 12.7. The number of para-hydroxylation sites is 2. The Labute approximate surface area is 148 Å². The second kappa shape index (κ2) is 6.93. The predicted octanol–water partition coefficient (Wildman–Crippen LogP) is 1.91. The Morgan fingerprint density at radius 1 is 1.27 bits per heavy atom. The monoisotopic (exact) mass is 355 g/mol. The van der Waals surface area contributed by atoms with Gasteiger partial charge in [-0.2, -0.15) is 5.10 Å². The lowest BCUT2D eigenvalue weighted by molar-refractivity contribution is -0.125. The van der Waals surface area contributed by atoms with E-state index in [1.54, 1.807) is 36.6 Å². The van der Waals surface area contributed by atoms with Crippen LogP contribution in [-0.4, -0.2) is 40.1 Å². The number of aromatic nitrogens is 2. The van der Waals surface area contributed by atoms with Crippen LogP contribution < -0.4 is 14.8 Å². The van der Waals surface area contributed by atoms with Gasteiger partial charge < -0.3 is 24.3 Å². The van der Waals surface area contributed by atoms with E-state index in [1.807, 2.05) is 12.1 Å². The van der Waals surface area contributed by atoms with Crippen LogP contribution in [0, 0.1) is 0 Å². The molecule has 0 spiro atoms. The highest BCUT2D eigenvalue weighted by atomic mass is 16.6.